The van der Waals surface area contributed by atoms with Crippen molar-refractivity contribution in [2.75, 3.05) is 33.4 Å². The number of rotatable bonds is 8. The third-order valence-corrected chi connectivity index (χ3v) is 3.15. The number of alkyl halides is 3. The van der Waals surface area contributed by atoms with Gasteiger partial charge in [0.1, 0.15) is 13.1 Å². The Bertz CT molecular complexity index is 370. The lowest BCUT2D eigenvalue weighted by Gasteiger charge is -2.20. The second-order valence-electron chi connectivity index (χ2n) is 3.16. The zero-order valence-corrected chi connectivity index (χ0v) is 10.2. The second kappa shape index (κ2) is 6.87. The molecule has 108 valence electrons. The number of nitrogens with one attached hydrogen (secondary N) is 1. The quantitative estimate of drug-likeness (QED) is 0.624. The summed E-state index contributed by atoms with van der Waals surface area (Å²) in [5.41, 5.74) is 0. The molecule has 0 saturated heterocycles. The van der Waals surface area contributed by atoms with E-state index in [1.54, 1.807) is 0 Å². The first-order valence-electron chi connectivity index (χ1n) is 4.60. The van der Waals surface area contributed by atoms with Crippen molar-refractivity contribution in [1.29, 1.82) is 0 Å². The van der Waals surface area contributed by atoms with Gasteiger partial charge >= 0.3 is 12.1 Å². The summed E-state index contributed by atoms with van der Waals surface area (Å²) >= 11 is 0. The summed E-state index contributed by atoms with van der Waals surface area (Å²) < 4.78 is 64.6. The molecule has 0 fully saturated rings. The molecule has 0 atom stereocenters. The molecule has 0 rings (SSSR count). The van der Waals surface area contributed by atoms with Gasteiger partial charge in [0, 0.05) is 13.7 Å². The molecule has 0 aromatic rings. The number of nitrogens with zero attached hydrogens (tertiary/aromatic N) is 1. The highest BCUT2D eigenvalue weighted by Crippen LogP contribution is 2.13. The molecule has 0 bridgehead atoms. The second-order valence-corrected chi connectivity index (χ2v) is 4.92. The average Bonchev–Trinajstić information content (AvgIpc) is 2.20. The molecule has 0 aliphatic heterocycles. The predicted molar refractivity (Wildman–Crippen MR) is 54.1 cm³/mol. The first-order chi connectivity index (χ1) is 8.08. The molecule has 0 aromatic carbocycles. The molecule has 0 radical (unpaired) electrons. The van der Waals surface area contributed by atoms with E-state index < -0.39 is 35.4 Å². The van der Waals surface area contributed by atoms with Crippen LogP contribution < -0.4 is 4.72 Å². The smallest absolute Gasteiger partial charge is 0.402 e. The Morgan fingerprint density at radius 1 is 1.44 bits per heavy atom. The molecular formula is C7H13F3N2O5S. The Morgan fingerprint density at radius 3 is 2.39 bits per heavy atom. The summed E-state index contributed by atoms with van der Waals surface area (Å²) in [5.74, 6) is -1.48. The molecule has 0 spiro atoms. The minimum atomic E-state index is -4.72. The van der Waals surface area contributed by atoms with Gasteiger partial charge in [-0.2, -0.15) is 30.6 Å². The van der Waals surface area contributed by atoms with E-state index in [-0.39, 0.29) is 13.2 Å². The van der Waals surface area contributed by atoms with E-state index in [2.05, 4.69) is 4.74 Å². The number of hydrogen-bond donors (Lipinski definition) is 2. The fraction of sp³-hybridized carbons (Fsp3) is 0.857. The molecule has 2 N–H and O–H groups in total. The number of hydrogen-bond acceptors (Lipinski definition) is 4. The molecule has 7 nitrogen and oxygen atoms in total. The Kier molecular flexibility index (Phi) is 6.52. The van der Waals surface area contributed by atoms with Gasteiger partial charge in [-0.1, -0.05) is 0 Å². The van der Waals surface area contributed by atoms with Gasteiger partial charge in [0.15, 0.2) is 0 Å². The van der Waals surface area contributed by atoms with Crippen LogP contribution in [0.25, 0.3) is 0 Å². The first-order valence-corrected chi connectivity index (χ1v) is 6.04. The molecule has 0 amide bonds. The van der Waals surface area contributed by atoms with Crippen LogP contribution in [0.4, 0.5) is 13.2 Å². The van der Waals surface area contributed by atoms with Gasteiger partial charge in [-0.05, 0) is 0 Å². The SMILES string of the molecule is COCCN(CC(=O)O)S(=O)(=O)NCC(F)(F)F. The zero-order chi connectivity index (χ0) is 14.4. The van der Waals surface area contributed by atoms with Crippen LogP contribution in [-0.4, -0.2) is 63.3 Å². The van der Waals surface area contributed by atoms with Gasteiger partial charge < -0.3 is 9.84 Å². The Morgan fingerprint density at radius 2 is 2.00 bits per heavy atom. The largest absolute Gasteiger partial charge is 0.480 e. The standard InChI is InChI=1S/C7H13F3N2O5S/c1-17-3-2-12(4-6(13)14)18(15,16)11-5-7(8,9)10/h11H,2-5H2,1H3,(H,13,14). The van der Waals surface area contributed by atoms with Crippen LogP contribution >= 0.6 is 0 Å². The summed E-state index contributed by atoms with van der Waals surface area (Å²) in [5, 5.41) is 8.48. The third-order valence-electron chi connectivity index (χ3n) is 1.65. The van der Waals surface area contributed by atoms with Crippen molar-refractivity contribution in [3.8, 4) is 0 Å². The van der Waals surface area contributed by atoms with Gasteiger partial charge in [0.2, 0.25) is 0 Å². The average molecular weight is 294 g/mol. The van der Waals surface area contributed by atoms with E-state index in [9.17, 15) is 26.4 Å². The number of ether oxygens (including phenoxy) is 1. The number of aliphatic carboxylic acids is 1. The summed E-state index contributed by atoms with van der Waals surface area (Å²) in [6, 6.07) is 0. The monoisotopic (exact) mass is 294 g/mol. The molecule has 11 heteroatoms. The highest BCUT2D eigenvalue weighted by molar-refractivity contribution is 7.87. The lowest BCUT2D eigenvalue weighted by Crippen LogP contribution is -2.47. The van der Waals surface area contributed by atoms with Crippen molar-refractivity contribution >= 4 is 16.2 Å². The lowest BCUT2D eigenvalue weighted by atomic mass is 10.6. The molecule has 0 unspecified atom stereocenters. The summed E-state index contributed by atoms with van der Waals surface area (Å²) in [6.45, 7) is -3.22. The van der Waals surface area contributed by atoms with Gasteiger partial charge in [0.25, 0.3) is 10.2 Å². The minimum Gasteiger partial charge on any atom is -0.480 e. The first kappa shape index (κ1) is 17.1. The Balaban J connectivity index is 4.68. The van der Waals surface area contributed by atoms with E-state index in [1.807, 2.05) is 0 Å². The van der Waals surface area contributed by atoms with Gasteiger partial charge in [0.05, 0.1) is 6.61 Å². The molecule has 0 aromatic heterocycles. The van der Waals surface area contributed by atoms with Crippen molar-refractivity contribution in [3.63, 3.8) is 0 Å². The van der Waals surface area contributed by atoms with Gasteiger partial charge in [-0.25, -0.2) is 0 Å². The maximum atomic E-state index is 11.9. The van der Waals surface area contributed by atoms with Crippen LogP contribution in [0.2, 0.25) is 0 Å². The fourth-order valence-electron chi connectivity index (χ4n) is 0.893. The van der Waals surface area contributed by atoms with Crippen molar-refractivity contribution in [2.45, 2.75) is 6.18 Å². The Hall–Kier alpha value is -0.910. The minimum absolute atomic E-state index is 0.139. The highest BCUT2D eigenvalue weighted by Gasteiger charge is 2.32. The third kappa shape index (κ3) is 7.42. The molecule has 0 aliphatic carbocycles. The summed E-state index contributed by atoms with van der Waals surface area (Å²) in [7, 11) is -3.28. The van der Waals surface area contributed by atoms with Crippen LogP contribution in [0.15, 0.2) is 0 Å². The number of carbonyl (C=O) groups is 1. The van der Waals surface area contributed by atoms with Crippen molar-refractivity contribution < 1.29 is 36.2 Å². The predicted octanol–water partition coefficient (Wildman–Crippen LogP) is -0.584. The number of carboxylic acid groups (broad SMARTS) is 1. The highest BCUT2D eigenvalue weighted by atomic mass is 32.2. The number of methoxy groups -OCH3 is 1. The normalized spacial score (nSPS) is 12.9. The Labute approximate surface area is 102 Å². The summed E-state index contributed by atoms with van der Waals surface area (Å²) in [4.78, 5) is 10.4. The lowest BCUT2D eigenvalue weighted by molar-refractivity contribution is -0.137. The van der Waals surface area contributed by atoms with Crippen LogP contribution in [0.1, 0.15) is 0 Å². The van der Waals surface area contributed by atoms with E-state index in [1.165, 1.54) is 11.8 Å². The maximum absolute atomic E-state index is 11.9. The van der Waals surface area contributed by atoms with Gasteiger partial charge in [-0.15, -0.1) is 0 Å². The van der Waals surface area contributed by atoms with Crippen LogP contribution in [0, 0.1) is 0 Å². The van der Waals surface area contributed by atoms with Gasteiger partial charge in [-0.3, -0.25) is 4.79 Å². The van der Waals surface area contributed by atoms with E-state index >= 15 is 0 Å². The van der Waals surface area contributed by atoms with Crippen LogP contribution in [0.3, 0.4) is 0 Å². The van der Waals surface area contributed by atoms with Crippen LogP contribution in [0.5, 0.6) is 0 Å². The molecule has 0 aliphatic rings. The fourth-order valence-corrected chi connectivity index (χ4v) is 2.02. The molecule has 0 heterocycles. The maximum Gasteiger partial charge on any atom is 0.402 e. The van der Waals surface area contributed by atoms with Crippen molar-refractivity contribution in [2.24, 2.45) is 0 Å². The topological polar surface area (TPSA) is 95.9 Å². The zero-order valence-electron chi connectivity index (χ0n) is 9.40. The van der Waals surface area contributed by atoms with E-state index in [0.717, 1.165) is 0 Å². The number of halogens is 3. The van der Waals surface area contributed by atoms with Crippen LogP contribution in [-0.2, 0) is 19.7 Å². The van der Waals surface area contributed by atoms with Crippen molar-refractivity contribution in [1.82, 2.24) is 9.03 Å². The number of carboxylic acids is 1. The van der Waals surface area contributed by atoms with E-state index in [4.69, 9.17) is 5.11 Å². The summed E-state index contributed by atoms with van der Waals surface area (Å²) in [6.07, 6.45) is -4.72. The molecular weight excluding hydrogens is 281 g/mol. The molecule has 18 heavy (non-hydrogen) atoms. The van der Waals surface area contributed by atoms with Crippen molar-refractivity contribution in [3.05, 3.63) is 0 Å². The molecule has 0 saturated carbocycles. The van der Waals surface area contributed by atoms with E-state index in [0.29, 0.717) is 4.31 Å².